The summed E-state index contributed by atoms with van der Waals surface area (Å²) in [6.07, 6.45) is 4.03. The number of nitrogens with zero attached hydrogens (tertiary/aromatic N) is 3. The Morgan fingerprint density at radius 2 is 2.05 bits per heavy atom. The van der Waals surface area contributed by atoms with Crippen molar-refractivity contribution in [1.29, 1.82) is 0 Å². The van der Waals surface area contributed by atoms with Crippen molar-refractivity contribution in [2.24, 2.45) is 5.41 Å². The van der Waals surface area contributed by atoms with E-state index in [1.54, 1.807) is 0 Å². The fourth-order valence-electron chi connectivity index (χ4n) is 2.69. The Hall–Kier alpha value is -1.39. The van der Waals surface area contributed by atoms with Gasteiger partial charge in [0.1, 0.15) is 5.65 Å². The van der Waals surface area contributed by atoms with Crippen LogP contribution in [0.2, 0.25) is 0 Å². The second-order valence-electron chi connectivity index (χ2n) is 6.66. The number of hydrogen-bond donors (Lipinski definition) is 1. The van der Waals surface area contributed by atoms with Gasteiger partial charge in [-0.15, -0.1) is 0 Å². The molecule has 2 aromatic rings. The van der Waals surface area contributed by atoms with E-state index in [0.29, 0.717) is 0 Å². The number of aliphatic hydroxyl groups is 1. The summed E-state index contributed by atoms with van der Waals surface area (Å²) < 4.78 is 2.13. The highest BCUT2D eigenvalue weighted by atomic mass is 16.3. The van der Waals surface area contributed by atoms with E-state index in [2.05, 4.69) is 61.3 Å². The summed E-state index contributed by atoms with van der Waals surface area (Å²) in [5.41, 5.74) is 3.37. The minimum atomic E-state index is 0.0416. The summed E-state index contributed by atoms with van der Waals surface area (Å²) in [4.78, 5) is 6.63. The van der Waals surface area contributed by atoms with Gasteiger partial charge >= 0.3 is 0 Å². The summed E-state index contributed by atoms with van der Waals surface area (Å²) in [7, 11) is 2.06. The number of hydrogen-bond acceptors (Lipinski definition) is 3. The van der Waals surface area contributed by atoms with Crippen LogP contribution in [0.25, 0.3) is 5.65 Å². The number of aliphatic hydroxyl groups excluding tert-OH is 1. The number of fused-ring (bicyclic) bond motifs is 1. The quantitative estimate of drug-likeness (QED) is 0.932. The molecule has 1 unspecified atom stereocenters. The monoisotopic (exact) mass is 275 g/mol. The first kappa shape index (κ1) is 15.0. The normalized spacial score (nSPS) is 14.2. The van der Waals surface area contributed by atoms with Crippen LogP contribution in [0.15, 0.2) is 24.5 Å². The zero-order valence-corrected chi connectivity index (χ0v) is 13.1. The molecule has 110 valence electrons. The van der Waals surface area contributed by atoms with E-state index in [1.807, 2.05) is 12.3 Å². The molecule has 0 saturated carbocycles. The van der Waals surface area contributed by atoms with Gasteiger partial charge < -0.3 is 9.51 Å². The van der Waals surface area contributed by atoms with Crippen molar-refractivity contribution in [1.82, 2.24) is 14.3 Å². The molecule has 0 saturated heterocycles. The van der Waals surface area contributed by atoms with E-state index in [-0.39, 0.29) is 18.1 Å². The molecule has 0 bridgehead atoms. The van der Waals surface area contributed by atoms with E-state index in [9.17, 15) is 5.11 Å². The molecule has 0 amide bonds. The van der Waals surface area contributed by atoms with Gasteiger partial charge in [-0.3, -0.25) is 4.90 Å². The lowest BCUT2D eigenvalue weighted by Crippen LogP contribution is -2.44. The number of likely N-dealkylation sites (N-methyl/N-ethyl adjacent to an activating group) is 1. The largest absolute Gasteiger partial charge is 0.395 e. The summed E-state index contributed by atoms with van der Waals surface area (Å²) in [5, 5.41) is 9.65. The molecule has 0 aliphatic rings. The topological polar surface area (TPSA) is 40.8 Å². The zero-order valence-electron chi connectivity index (χ0n) is 13.1. The summed E-state index contributed by atoms with van der Waals surface area (Å²) in [6, 6.07) is 4.23. The molecule has 1 N–H and O–H groups in total. The minimum Gasteiger partial charge on any atom is -0.395 e. The predicted octanol–water partition coefficient (Wildman–Crippen LogP) is 2.48. The Morgan fingerprint density at radius 3 is 2.65 bits per heavy atom. The first-order valence-electron chi connectivity index (χ1n) is 7.06. The van der Waals surface area contributed by atoms with Crippen LogP contribution in [0.3, 0.4) is 0 Å². The summed E-state index contributed by atoms with van der Waals surface area (Å²) in [6.45, 7) is 9.48. The third-order valence-corrected chi connectivity index (χ3v) is 3.85. The Kier molecular flexibility index (Phi) is 4.16. The van der Waals surface area contributed by atoms with Crippen molar-refractivity contribution < 1.29 is 5.11 Å². The maximum Gasteiger partial charge on any atom is 0.136 e. The van der Waals surface area contributed by atoms with Gasteiger partial charge in [0.05, 0.1) is 18.5 Å². The molecule has 2 rings (SSSR count). The molecule has 4 heteroatoms. The van der Waals surface area contributed by atoms with Gasteiger partial charge in [-0.2, -0.15) is 0 Å². The summed E-state index contributed by atoms with van der Waals surface area (Å²) >= 11 is 0. The van der Waals surface area contributed by atoms with Crippen molar-refractivity contribution in [3.63, 3.8) is 0 Å². The van der Waals surface area contributed by atoms with E-state index < -0.39 is 0 Å². The van der Waals surface area contributed by atoms with E-state index in [0.717, 1.165) is 17.9 Å². The Bertz CT molecular complexity index is 583. The van der Waals surface area contributed by atoms with Gasteiger partial charge in [0, 0.05) is 18.8 Å². The molecule has 0 spiro atoms. The Balaban J connectivity index is 2.25. The maximum absolute atomic E-state index is 9.65. The molecular weight excluding hydrogens is 250 g/mol. The van der Waals surface area contributed by atoms with Gasteiger partial charge in [0.15, 0.2) is 0 Å². The second-order valence-corrected chi connectivity index (χ2v) is 6.66. The standard InChI is InChI=1S/C16H25N3O/c1-12-6-7-15-17-8-13(19(15)9-12)10-18(5)14(11-20)16(2,3)4/h6-9,14,20H,10-11H2,1-5H3. The Morgan fingerprint density at radius 1 is 1.35 bits per heavy atom. The van der Waals surface area contributed by atoms with E-state index in [1.165, 1.54) is 5.56 Å². The average Bonchev–Trinajstić information content (AvgIpc) is 2.71. The first-order chi connectivity index (χ1) is 9.32. The van der Waals surface area contributed by atoms with Crippen molar-refractivity contribution >= 4 is 5.65 Å². The van der Waals surface area contributed by atoms with Crippen molar-refractivity contribution in [2.45, 2.75) is 40.3 Å². The van der Waals surface area contributed by atoms with Crippen LogP contribution in [0.4, 0.5) is 0 Å². The molecule has 0 aliphatic carbocycles. The van der Waals surface area contributed by atoms with Gasteiger partial charge in [0.25, 0.3) is 0 Å². The van der Waals surface area contributed by atoms with Crippen LogP contribution >= 0.6 is 0 Å². The van der Waals surface area contributed by atoms with Crippen molar-refractivity contribution in [3.8, 4) is 0 Å². The molecule has 2 heterocycles. The van der Waals surface area contributed by atoms with Crippen LogP contribution in [-0.2, 0) is 6.54 Å². The van der Waals surface area contributed by atoms with Crippen molar-refractivity contribution in [3.05, 3.63) is 35.8 Å². The van der Waals surface area contributed by atoms with Crippen LogP contribution in [0.1, 0.15) is 32.0 Å². The lowest BCUT2D eigenvalue weighted by molar-refractivity contribution is 0.0605. The zero-order chi connectivity index (χ0) is 14.9. The SMILES string of the molecule is Cc1ccc2ncc(CN(C)C(CO)C(C)(C)C)n2c1. The highest BCUT2D eigenvalue weighted by molar-refractivity contribution is 5.41. The molecule has 0 aliphatic heterocycles. The van der Waals surface area contributed by atoms with Crippen molar-refractivity contribution in [2.75, 3.05) is 13.7 Å². The first-order valence-corrected chi connectivity index (χ1v) is 7.06. The maximum atomic E-state index is 9.65. The third kappa shape index (κ3) is 3.02. The van der Waals surface area contributed by atoms with E-state index >= 15 is 0 Å². The fourth-order valence-corrected chi connectivity index (χ4v) is 2.69. The lowest BCUT2D eigenvalue weighted by atomic mass is 9.86. The minimum absolute atomic E-state index is 0.0416. The molecule has 20 heavy (non-hydrogen) atoms. The highest BCUT2D eigenvalue weighted by Crippen LogP contribution is 2.24. The van der Waals surface area contributed by atoms with Crippen LogP contribution in [-0.4, -0.2) is 39.1 Å². The highest BCUT2D eigenvalue weighted by Gasteiger charge is 2.28. The average molecular weight is 275 g/mol. The second kappa shape index (κ2) is 5.54. The smallest absolute Gasteiger partial charge is 0.136 e. The molecule has 0 radical (unpaired) electrons. The van der Waals surface area contributed by atoms with Crippen LogP contribution in [0, 0.1) is 12.3 Å². The number of rotatable bonds is 4. The van der Waals surface area contributed by atoms with Crippen LogP contribution in [0.5, 0.6) is 0 Å². The lowest BCUT2D eigenvalue weighted by Gasteiger charge is -2.36. The molecule has 0 fully saturated rings. The summed E-state index contributed by atoms with van der Waals surface area (Å²) in [5.74, 6) is 0. The van der Waals surface area contributed by atoms with Gasteiger partial charge in [-0.25, -0.2) is 4.98 Å². The third-order valence-electron chi connectivity index (χ3n) is 3.85. The number of aromatic nitrogens is 2. The van der Waals surface area contributed by atoms with Gasteiger partial charge in [0.2, 0.25) is 0 Å². The number of pyridine rings is 1. The van der Waals surface area contributed by atoms with Gasteiger partial charge in [-0.1, -0.05) is 26.8 Å². The fraction of sp³-hybridized carbons (Fsp3) is 0.562. The number of imidazole rings is 1. The molecule has 1 atom stereocenters. The molecular formula is C16H25N3O. The van der Waals surface area contributed by atoms with E-state index in [4.69, 9.17) is 0 Å². The predicted molar refractivity (Wildman–Crippen MR) is 81.7 cm³/mol. The molecule has 4 nitrogen and oxygen atoms in total. The van der Waals surface area contributed by atoms with Crippen LogP contribution < -0.4 is 0 Å². The number of aryl methyl sites for hydroxylation is 1. The molecule has 2 aromatic heterocycles. The molecule has 0 aromatic carbocycles. The Labute approximate surface area is 121 Å². The van der Waals surface area contributed by atoms with Gasteiger partial charge in [-0.05, 0) is 31.0 Å².